The van der Waals surface area contributed by atoms with Crippen LogP contribution in [-0.2, 0) is 6.61 Å². The Bertz CT molecular complexity index is 318. The molecule has 78 valence electrons. The molecule has 0 saturated heterocycles. The molecule has 0 aliphatic heterocycles. The third kappa shape index (κ3) is 3.00. The lowest BCUT2D eigenvalue weighted by molar-refractivity contribution is 0.281. The topological polar surface area (TPSA) is 32.3 Å². The van der Waals surface area contributed by atoms with Crippen LogP contribution in [0.25, 0.3) is 0 Å². The van der Waals surface area contributed by atoms with Crippen LogP contribution in [0.5, 0.6) is 0 Å². The summed E-state index contributed by atoms with van der Waals surface area (Å²) in [5.41, 5.74) is 0.887. The Hall–Kier alpha value is -1.09. The van der Waals surface area contributed by atoms with Crippen LogP contribution in [0.2, 0.25) is 0 Å². The molecule has 0 amide bonds. The molecule has 1 rings (SSSR count). The van der Waals surface area contributed by atoms with E-state index in [9.17, 15) is 4.39 Å². The van der Waals surface area contributed by atoms with Crippen LogP contribution in [0.3, 0.4) is 0 Å². The van der Waals surface area contributed by atoms with Gasteiger partial charge in [0.25, 0.3) is 0 Å². The number of anilines is 1. The largest absolute Gasteiger partial charge is 0.392 e. The minimum absolute atomic E-state index is 0.132. The van der Waals surface area contributed by atoms with Crippen LogP contribution < -0.4 is 5.32 Å². The molecular formula is C11H16FNO. The van der Waals surface area contributed by atoms with Crippen molar-refractivity contribution in [2.24, 2.45) is 0 Å². The number of aliphatic hydroxyl groups is 1. The van der Waals surface area contributed by atoms with Gasteiger partial charge < -0.3 is 10.4 Å². The maximum absolute atomic E-state index is 13.4. The molecule has 0 fully saturated rings. The van der Waals surface area contributed by atoms with E-state index in [-0.39, 0.29) is 18.0 Å². The molecule has 2 N–H and O–H groups in total. The third-order valence-electron chi connectivity index (χ3n) is 1.73. The first kappa shape index (κ1) is 11.0. The standard InChI is InChI=1S/C11H16FNO/c1-11(2,3)13-10-5-4-8(7-14)6-9(10)12/h4-6,13-14H,7H2,1-3H3. The minimum Gasteiger partial charge on any atom is -0.392 e. The van der Waals surface area contributed by atoms with Crippen molar-refractivity contribution in [3.8, 4) is 0 Å². The molecule has 0 bridgehead atoms. The smallest absolute Gasteiger partial charge is 0.146 e. The van der Waals surface area contributed by atoms with Gasteiger partial charge in [0.1, 0.15) is 5.82 Å². The summed E-state index contributed by atoms with van der Waals surface area (Å²) in [4.78, 5) is 0. The Balaban J connectivity index is 2.89. The zero-order valence-corrected chi connectivity index (χ0v) is 8.76. The van der Waals surface area contributed by atoms with E-state index in [0.717, 1.165) is 0 Å². The quantitative estimate of drug-likeness (QED) is 0.763. The van der Waals surface area contributed by atoms with Gasteiger partial charge >= 0.3 is 0 Å². The highest BCUT2D eigenvalue weighted by Crippen LogP contribution is 2.19. The van der Waals surface area contributed by atoms with Gasteiger partial charge in [0, 0.05) is 5.54 Å². The SMILES string of the molecule is CC(C)(C)Nc1ccc(CO)cc1F. The Morgan fingerprint density at radius 1 is 1.36 bits per heavy atom. The first-order chi connectivity index (χ1) is 6.42. The third-order valence-corrected chi connectivity index (χ3v) is 1.73. The van der Waals surface area contributed by atoms with Gasteiger partial charge in [-0.3, -0.25) is 0 Å². The zero-order chi connectivity index (χ0) is 10.8. The summed E-state index contributed by atoms with van der Waals surface area (Å²) in [6, 6.07) is 4.69. The van der Waals surface area contributed by atoms with E-state index in [2.05, 4.69) is 5.32 Å². The van der Waals surface area contributed by atoms with E-state index in [1.54, 1.807) is 12.1 Å². The first-order valence-electron chi connectivity index (χ1n) is 4.60. The number of nitrogens with one attached hydrogen (secondary N) is 1. The summed E-state index contributed by atoms with van der Waals surface area (Å²) in [7, 11) is 0. The summed E-state index contributed by atoms with van der Waals surface area (Å²) >= 11 is 0. The van der Waals surface area contributed by atoms with Crippen LogP contribution in [0.4, 0.5) is 10.1 Å². The Morgan fingerprint density at radius 3 is 2.43 bits per heavy atom. The highest BCUT2D eigenvalue weighted by Gasteiger charge is 2.12. The highest BCUT2D eigenvalue weighted by atomic mass is 19.1. The number of hydrogen-bond acceptors (Lipinski definition) is 2. The van der Waals surface area contributed by atoms with E-state index < -0.39 is 0 Å². The normalized spacial score (nSPS) is 11.5. The van der Waals surface area contributed by atoms with Gasteiger partial charge in [0.05, 0.1) is 12.3 Å². The van der Waals surface area contributed by atoms with Crippen molar-refractivity contribution < 1.29 is 9.50 Å². The minimum atomic E-state index is -0.327. The van der Waals surface area contributed by atoms with E-state index >= 15 is 0 Å². The lowest BCUT2D eigenvalue weighted by Gasteiger charge is -2.22. The van der Waals surface area contributed by atoms with Crippen molar-refractivity contribution in [2.45, 2.75) is 32.9 Å². The lowest BCUT2D eigenvalue weighted by atomic mass is 10.1. The molecule has 0 heterocycles. The molecule has 1 aromatic rings. The summed E-state index contributed by atoms with van der Waals surface area (Å²) in [6.45, 7) is 5.76. The van der Waals surface area contributed by atoms with Crippen molar-refractivity contribution in [1.29, 1.82) is 0 Å². The second-order valence-electron chi connectivity index (χ2n) is 4.35. The van der Waals surface area contributed by atoms with E-state index in [4.69, 9.17) is 5.11 Å². The molecule has 0 spiro atoms. The van der Waals surface area contributed by atoms with Crippen LogP contribution >= 0.6 is 0 Å². The molecule has 1 aromatic carbocycles. The zero-order valence-electron chi connectivity index (χ0n) is 8.76. The number of hydrogen-bond donors (Lipinski definition) is 2. The molecule has 0 radical (unpaired) electrons. The lowest BCUT2D eigenvalue weighted by Crippen LogP contribution is -2.26. The molecule has 0 saturated carbocycles. The number of rotatable bonds is 2. The fraction of sp³-hybridized carbons (Fsp3) is 0.455. The predicted octanol–water partition coefficient (Wildman–Crippen LogP) is 2.53. The molecule has 0 aliphatic rings. The van der Waals surface area contributed by atoms with Crippen molar-refractivity contribution in [1.82, 2.24) is 0 Å². The molecule has 0 aliphatic carbocycles. The van der Waals surface area contributed by atoms with Crippen molar-refractivity contribution in [2.75, 3.05) is 5.32 Å². The van der Waals surface area contributed by atoms with Crippen LogP contribution in [0, 0.1) is 5.82 Å². The van der Waals surface area contributed by atoms with Crippen LogP contribution in [0.15, 0.2) is 18.2 Å². The average Bonchev–Trinajstić information content (AvgIpc) is 2.06. The molecule has 3 heteroatoms. The van der Waals surface area contributed by atoms with E-state index in [1.165, 1.54) is 6.07 Å². The number of aliphatic hydroxyl groups excluding tert-OH is 1. The molecule has 0 aromatic heterocycles. The van der Waals surface area contributed by atoms with E-state index in [1.807, 2.05) is 20.8 Å². The number of benzene rings is 1. The molecular weight excluding hydrogens is 181 g/mol. The van der Waals surface area contributed by atoms with Gasteiger partial charge in [-0.1, -0.05) is 6.07 Å². The Labute approximate surface area is 83.8 Å². The Morgan fingerprint density at radius 2 is 2.00 bits per heavy atom. The summed E-state index contributed by atoms with van der Waals surface area (Å²) in [6.07, 6.45) is 0. The molecule has 2 nitrogen and oxygen atoms in total. The average molecular weight is 197 g/mol. The summed E-state index contributed by atoms with van der Waals surface area (Å²) in [5, 5.41) is 11.8. The van der Waals surface area contributed by atoms with Gasteiger partial charge in [-0.05, 0) is 38.5 Å². The first-order valence-corrected chi connectivity index (χ1v) is 4.60. The van der Waals surface area contributed by atoms with Crippen molar-refractivity contribution in [3.63, 3.8) is 0 Å². The molecule has 14 heavy (non-hydrogen) atoms. The van der Waals surface area contributed by atoms with Gasteiger partial charge in [-0.2, -0.15) is 0 Å². The second-order valence-corrected chi connectivity index (χ2v) is 4.35. The molecule has 0 atom stereocenters. The van der Waals surface area contributed by atoms with Gasteiger partial charge in [0.2, 0.25) is 0 Å². The molecule has 0 unspecified atom stereocenters. The summed E-state index contributed by atoms with van der Waals surface area (Å²) < 4.78 is 13.4. The second kappa shape index (κ2) is 3.96. The van der Waals surface area contributed by atoms with Crippen molar-refractivity contribution >= 4 is 5.69 Å². The summed E-state index contributed by atoms with van der Waals surface area (Å²) in [5.74, 6) is -0.327. The number of halogens is 1. The van der Waals surface area contributed by atoms with E-state index in [0.29, 0.717) is 11.3 Å². The Kier molecular flexibility index (Phi) is 3.11. The van der Waals surface area contributed by atoms with Crippen molar-refractivity contribution in [3.05, 3.63) is 29.6 Å². The highest BCUT2D eigenvalue weighted by molar-refractivity contribution is 5.47. The van der Waals surface area contributed by atoms with Crippen LogP contribution in [0.1, 0.15) is 26.3 Å². The van der Waals surface area contributed by atoms with Crippen LogP contribution in [-0.4, -0.2) is 10.6 Å². The van der Waals surface area contributed by atoms with Gasteiger partial charge in [-0.15, -0.1) is 0 Å². The van der Waals surface area contributed by atoms with Gasteiger partial charge in [0.15, 0.2) is 0 Å². The monoisotopic (exact) mass is 197 g/mol. The fourth-order valence-corrected chi connectivity index (χ4v) is 1.16. The predicted molar refractivity (Wildman–Crippen MR) is 55.7 cm³/mol. The maximum Gasteiger partial charge on any atom is 0.146 e. The van der Waals surface area contributed by atoms with Gasteiger partial charge in [-0.25, -0.2) is 4.39 Å². The fourth-order valence-electron chi connectivity index (χ4n) is 1.16. The maximum atomic E-state index is 13.4.